The van der Waals surface area contributed by atoms with Crippen LogP contribution in [0.4, 0.5) is 0 Å². The lowest BCUT2D eigenvalue weighted by atomic mass is 9.85. The quantitative estimate of drug-likeness (QED) is 0.332. The van der Waals surface area contributed by atoms with Crippen LogP contribution in [0.2, 0.25) is 0 Å². The molecule has 184 valence electrons. The Morgan fingerprint density at radius 2 is 1.26 bits per heavy atom. The molecule has 3 aromatic rings. The number of allylic oxidation sites excluding steroid dienone is 1. The molecule has 2 aliphatic rings. The largest absolute Gasteiger partial charge is 0.744 e. The van der Waals surface area contributed by atoms with Crippen LogP contribution < -0.4 is 0 Å². The molecule has 0 aromatic heterocycles. The molecule has 2 aliphatic heterocycles. The maximum absolute atomic E-state index is 10.4. The second kappa shape index (κ2) is 10.5. The zero-order chi connectivity index (χ0) is 25.1. The van der Waals surface area contributed by atoms with Crippen LogP contribution in [0.1, 0.15) is 42.4 Å². The third-order valence-electron chi connectivity index (χ3n) is 7.75. The number of benzene rings is 3. The molecule has 3 aromatic carbocycles. The van der Waals surface area contributed by atoms with Crippen LogP contribution in [0.25, 0.3) is 5.57 Å². The molecular weight excluding hydrogens is 454 g/mol. The highest BCUT2D eigenvalue weighted by atomic mass is 32.2. The van der Waals surface area contributed by atoms with E-state index in [2.05, 4.69) is 80.8 Å². The third-order valence-corrected chi connectivity index (χ3v) is 8.60. The standard InChI is InChI=1S/C23H28N.C7H8O3S/c1-24(2)21-13-14-22(24)16-18(15-21)17-23(19-9-5-3-6-10-19)20-11-7-4-8-12-20;1-6-2-4-7(5-3-6)11(8,9)10/h3-12,17-18,21-22H,13-16H2,1-2H3;2-5H,1H3,(H,8,9,10)/q+1;/p-1/t18-,21+,22-;. The number of rotatable bonds is 4. The predicted molar refractivity (Wildman–Crippen MR) is 141 cm³/mol. The maximum Gasteiger partial charge on any atom is 0.124 e. The number of piperidine rings is 1. The molecule has 2 heterocycles. The minimum absolute atomic E-state index is 0.178. The van der Waals surface area contributed by atoms with E-state index in [1.807, 2.05) is 6.92 Å². The zero-order valence-corrected chi connectivity index (χ0v) is 21.6. The van der Waals surface area contributed by atoms with Gasteiger partial charge in [-0.2, -0.15) is 0 Å². The lowest BCUT2D eigenvalue weighted by Gasteiger charge is -2.44. The highest BCUT2D eigenvalue weighted by molar-refractivity contribution is 7.85. The van der Waals surface area contributed by atoms with Crippen LogP contribution in [-0.2, 0) is 10.1 Å². The number of fused-ring (bicyclic) bond motifs is 2. The Morgan fingerprint density at radius 3 is 1.69 bits per heavy atom. The van der Waals surface area contributed by atoms with Crippen LogP contribution in [0, 0.1) is 12.8 Å². The Labute approximate surface area is 210 Å². The first kappa shape index (κ1) is 25.4. The van der Waals surface area contributed by atoms with Crippen molar-refractivity contribution in [3.05, 3.63) is 108 Å². The van der Waals surface area contributed by atoms with Gasteiger partial charge in [0, 0.05) is 25.7 Å². The van der Waals surface area contributed by atoms with Gasteiger partial charge in [-0.15, -0.1) is 0 Å². The van der Waals surface area contributed by atoms with Gasteiger partial charge in [0.15, 0.2) is 0 Å². The first-order chi connectivity index (χ1) is 16.6. The molecule has 35 heavy (non-hydrogen) atoms. The summed E-state index contributed by atoms with van der Waals surface area (Å²) >= 11 is 0. The topological polar surface area (TPSA) is 57.2 Å². The van der Waals surface area contributed by atoms with Crippen molar-refractivity contribution < 1.29 is 17.5 Å². The fourth-order valence-electron chi connectivity index (χ4n) is 5.59. The second-order valence-corrected chi connectivity index (χ2v) is 11.7. The predicted octanol–water partition coefficient (Wildman–Crippen LogP) is 6.03. The number of hydrogen-bond acceptors (Lipinski definition) is 3. The summed E-state index contributed by atoms with van der Waals surface area (Å²) in [6, 6.07) is 29.3. The van der Waals surface area contributed by atoms with Gasteiger partial charge in [0.1, 0.15) is 10.1 Å². The Kier molecular flexibility index (Phi) is 7.60. The van der Waals surface area contributed by atoms with E-state index in [1.165, 1.54) is 59.0 Å². The molecule has 0 N–H and O–H groups in total. The van der Waals surface area contributed by atoms with Crippen molar-refractivity contribution in [3.63, 3.8) is 0 Å². The zero-order valence-electron chi connectivity index (χ0n) is 20.8. The van der Waals surface area contributed by atoms with Crippen LogP contribution >= 0.6 is 0 Å². The molecule has 0 aliphatic carbocycles. The summed E-state index contributed by atoms with van der Waals surface area (Å²) in [5.41, 5.74) is 5.02. The monoisotopic (exact) mass is 489 g/mol. The van der Waals surface area contributed by atoms with E-state index in [0.717, 1.165) is 17.6 Å². The minimum Gasteiger partial charge on any atom is -0.744 e. The number of quaternary nitrogens is 1. The Morgan fingerprint density at radius 1 is 0.800 bits per heavy atom. The molecule has 0 radical (unpaired) electrons. The highest BCUT2D eigenvalue weighted by Crippen LogP contribution is 2.43. The molecule has 0 saturated carbocycles. The van der Waals surface area contributed by atoms with E-state index in [1.54, 1.807) is 12.1 Å². The van der Waals surface area contributed by atoms with E-state index in [0.29, 0.717) is 5.92 Å². The van der Waals surface area contributed by atoms with Crippen molar-refractivity contribution in [2.45, 2.75) is 49.6 Å². The average Bonchev–Trinajstić information content (AvgIpc) is 3.00. The van der Waals surface area contributed by atoms with Crippen molar-refractivity contribution in [2.24, 2.45) is 5.92 Å². The van der Waals surface area contributed by atoms with E-state index in [-0.39, 0.29) is 4.90 Å². The number of hydrogen-bond donors (Lipinski definition) is 0. The van der Waals surface area contributed by atoms with Crippen LogP contribution in [-0.4, -0.2) is 43.6 Å². The maximum atomic E-state index is 10.4. The average molecular weight is 490 g/mol. The van der Waals surface area contributed by atoms with Gasteiger partial charge in [-0.05, 0) is 41.7 Å². The summed E-state index contributed by atoms with van der Waals surface area (Å²) in [5, 5.41) is 0. The SMILES string of the molecule is C[N+]1(C)[C@@H]2CC[C@H]1C[C@@H](C=C(c1ccccc1)c1ccccc1)C2.Cc1ccc(S(=O)(=O)[O-])cc1. The lowest BCUT2D eigenvalue weighted by molar-refractivity contribution is -0.931. The van der Waals surface area contributed by atoms with Gasteiger partial charge < -0.3 is 9.04 Å². The Balaban J connectivity index is 0.000000221. The Bertz CT molecular complexity index is 1190. The van der Waals surface area contributed by atoms with Crippen molar-refractivity contribution in [2.75, 3.05) is 14.1 Å². The molecule has 2 saturated heterocycles. The summed E-state index contributed by atoms with van der Waals surface area (Å²) in [4.78, 5) is -0.178. The second-order valence-electron chi connectivity index (χ2n) is 10.3. The van der Waals surface area contributed by atoms with Gasteiger partial charge in [-0.3, -0.25) is 0 Å². The molecule has 2 bridgehead atoms. The minimum atomic E-state index is -4.27. The summed E-state index contributed by atoms with van der Waals surface area (Å²) in [7, 11) is 0.614. The van der Waals surface area contributed by atoms with Gasteiger partial charge in [0.05, 0.1) is 31.1 Å². The lowest BCUT2D eigenvalue weighted by Crippen LogP contribution is -2.54. The normalized spacial score (nSPS) is 22.6. The Hall–Kier alpha value is -2.73. The van der Waals surface area contributed by atoms with Crippen molar-refractivity contribution in [1.29, 1.82) is 0 Å². The molecule has 0 spiro atoms. The first-order valence-corrected chi connectivity index (χ1v) is 13.7. The summed E-state index contributed by atoms with van der Waals surface area (Å²) in [6.45, 7) is 1.82. The van der Waals surface area contributed by atoms with Crippen molar-refractivity contribution in [1.82, 2.24) is 0 Å². The summed E-state index contributed by atoms with van der Waals surface area (Å²) < 4.78 is 32.4. The molecule has 3 atom stereocenters. The number of aryl methyl sites for hydroxylation is 1. The molecule has 0 unspecified atom stereocenters. The van der Waals surface area contributed by atoms with Crippen LogP contribution in [0.3, 0.4) is 0 Å². The molecular formula is C30H35NO3S. The fourth-order valence-corrected chi connectivity index (χ4v) is 6.06. The molecule has 5 heteroatoms. The first-order valence-electron chi connectivity index (χ1n) is 12.3. The molecule has 5 rings (SSSR count). The van der Waals surface area contributed by atoms with Gasteiger partial charge in [0.2, 0.25) is 0 Å². The summed E-state index contributed by atoms with van der Waals surface area (Å²) in [5.74, 6) is 0.712. The van der Waals surface area contributed by atoms with Crippen LogP contribution in [0.5, 0.6) is 0 Å². The van der Waals surface area contributed by atoms with Gasteiger partial charge in [-0.25, -0.2) is 8.42 Å². The fraction of sp³-hybridized carbons (Fsp3) is 0.333. The summed E-state index contributed by atoms with van der Waals surface area (Å²) in [6.07, 6.45) is 8.08. The van der Waals surface area contributed by atoms with Crippen LogP contribution in [0.15, 0.2) is 95.9 Å². The van der Waals surface area contributed by atoms with E-state index >= 15 is 0 Å². The molecule has 2 fully saturated rings. The highest BCUT2D eigenvalue weighted by Gasteiger charge is 2.48. The van der Waals surface area contributed by atoms with E-state index < -0.39 is 10.1 Å². The molecule has 0 amide bonds. The smallest absolute Gasteiger partial charge is 0.124 e. The number of nitrogens with zero attached hydrogens (tertiary/aromatic N) is 1. The van der Waals surface area contributed by atoms with Gasteiger partial charge in [0.25, 0.3) is 0 Å². The van der Waals surface area contributed by atoms with Crippen molar-refractivity contribution in [3.8, 4) is 0 Å². The van der Waals surface area contributed by atoms with E-state index in [4.69, 9.17) is 0 Å². The van der Waals surface area contributed by atoms with E-state index in [9.17, 15) is 13.0 Å². The molecule has 4 nitrogen and oxygen atoms in total. The van der Waals surface area contributed by atoms with Crippen molar-refractivity contribution >= 4 is 15.7 Å². The van der Waals surface area contributed by atoms with Gasteiger partial charge in [-0.1, -0.05) is 84.4 Å². The third kappa shape index (κ3) is 6.10. The van der Waals surface area contributed by atoms with Gasteiger partial charge >= 0.3 is 0 Å².